The van der Waals surface area contributed by atoms with Crippen molar-refractivity contribution in [1.82, 2.24) is 39.1 Å². The summed E-state index contributed by atoms with van der Waals surface area (Å²) in [4.78, 5) is 60.7. The van der Waals surface area contributed by atoms with Crippen LogP contribution in [0.5, 0.6) is 0 Å². The fourth-order valence-electron chi connectivity index (χ4n) is 8.52. The molecule has 1 unspecified atom stereocenters. The van der Waals surface area contributed by atoms with Gasteiger partial charge in [-0.2, -0.15) is 5.10 Å². The molecule has 0 radical (unpaired) electrons. The number of hydrogen-bond acceptors (Lipinski definition) is 8. The van der Waals surface area contributed by atoms with Crippen molar-refractivity contribution in [1.29, 1.82) is 0 Å². The van der Waals surface area contributed by atoms with Crippen molar-refractivity contribution < 1.29 is 27.6 Å². The first-order chi connectivity index (χ1) is 26.0. The largest absolute Gasteiger partial charge is 0.329 e. The second-order valence-electron chi connectivity index (χ2n) is 14.7. The summed E-state index contributed by atoms with van der Waals surface area (Å²) in [5, 5.41) is 10.5. The molecule has 1 aliphatic carbocycles. The first-order valence-electron chi connectivity index (χ1n) is 18.4. The molecule has 4 aromatic heterocycles. The summed E-state index contributed by atoms with van der Waals surface area (Å²) in [5.74, 6) is -1.19. The lowest BCUT2D eigenvalue weighted by molar-refractivity contribution is -0.135. The van der Waals surface area contributed by atoms with Crippen molar-refractivity contribution in [2.24, 2.45) is 13.0 Å². The number of aromatic nitrogens is 6. The van der Waals surface area contributed by atoms with Crippen LogP contribution in [0.15, 0.2) is 59.7 Å². The minimum absolute atomic E-state index is 0.126. The van der Waals surface area contributed by atoms with Gasteiger partial charge in [-0.1, -0.05) is 18.2 Å². The molecule has 3 aliphatic rings. The van der Waals surface area contributed by atoms with Crippen LogP contribution < -0.4 is 16.3 Å². The number of fused-ring (bicyclic) bond motifs is 2. The van der Waals surface area contributed by atoms with Gasteiger partial charge in [-0.05, 0) is 80.8 Å². The number of imidazole rings is 1. The number of hydrogen-bond donors (Lipinski definition) is 2. The number of carbonyl (C=O) groups is 3. The van der Waals surface area contributed by atoms with E-state index in [0.717, 1.165) is 49.7 Å². The summed E-state index contributed by atoms with van der Waals surface area (Å²) in [6, 6.07) is 10.5. The molecule has 6 heterocycles. The van der Waals surface area contributed by atoms with E-state index in [1.54, 1.807) is 25.4 Å². The Morgan fingerprint density at radius 1 is 1.04 bits per heavy atom. The van der Waals surface area contributed by atoms with Crippen LogP contribution in [0, 0.1) is 5.92 Å². The van der Waals surface area contributed by atoms with Gasteiger partial charge in [-0.15, -0.1) is 0 Å². The number of piperidine rings is 2. The Morgan fingerprint density at radius 3 is 2.59 bits per heavy atom. The van der Waals surface area contributed by atoms with Gasteiger partial charge in [0, 0.05) is 44.1 Å². The van der Waals surface area contributed by atoms with Crippen LogP contribution >= 0.6 is 0 Å². The molecule has 54 heavy (non-hydrogen) atoms. The Kier molecular flexibility index (Phi) is 9.54. The third-order valence-electron chi connectivity index (χ3n) is 11.3. The highest BCUT2D eigenvalue weighted by molar-refractivity contribution is 6.03. The zero-order valence-corrected chi connectivity index (χ0v) is 29.6. The number of amides is 3. The average molecular weight is 744 g/mol. The molecule has 5 aromatic rings. The number of para-hydroxylation sites is 1. The molecule has 1 saturated carbocycles. The molecule has 2 saturated heterocycles. The zero-order valence-electron chi connectivity index (χ0n) is 29.6. The maximum Gasteiger partial charge on any atom is 0.329 e. The van der Waals surface area contributed by atoms with Gasteiger partial charge in [0.2, 0.25) is 11.8 Å². The number of pyridine rings is 2. The quantitative estimate of drug-likeness (QED) is 0.206. The van der Waals surface area contributed by atoms with Gasteiger partial charge in [0.1, 0.15) is 34.9 Å². The summed E-state index contributed by atoms with van der Waals surface area (Å²) in [7, 11) is 1.65. The Balaban J connectivity index is 0.874. The normalized spacial score (nSPS) is 24.0. The van der Waals surface area contributed by atoms with Crippen molar-refractivity contribution in [3.63, 3.8) is 0 Å². The minimum Gasteiger partial charge on any atom is -0.305 e. The molecule has 13 nitrogen and oxygen atoms in total. The number of nitrogens with zero attached hydrogens (tertiary/aromatic N) is 7. The lowest BCUT2D eigenvalue weighted by atomic mass is 9.83. The Bertz CT molecular complexity index is 2310. The van der Waals surface area contributed by atoms with E-state index in [0.29, 0.717) is 35.4 Å². The Hall–Kier alpha value is -5.38. The van der Waals surface area contributed by atoms with E-state index < -0.39 is 42.1 Å². The molecule has 8 rings (SSSR count). The minimum atomic E-state index is -2.78. The van der Waals surface area contributed by atoms with Crippen molar-refractivity contribution >= 4 is 45.5 Å². The summed E-state index contributed by atoms with van der Waals surface area (Å²) in [6.07, 6.45) is 4.35. The second kappa shape index (κ2) is 14.5. The lowest BCUT2D eigenvalue weighted by Crippen LogP contribution is -2.44. The molecular formula is C38H40F3N9O4. The topological polar surface area (TPSA) is 149 Å². The van der Waals surface area contributed by atoms with Crippen molar-refractivity contribution in [2.75, 3.05) is 25.0 Å². The fraction of sp³-hybridized carbons (Fsp3) is 0.447. The van der Waals surface area contributed by atoms with E-state index in [1.165, 1.54) is 27.3 Å². The number of rotatable bonds is 8. The predicted octanol–water partition coefficient (Wildman–Crippen LogP) is 5.21. The molecule has 16 heteroatoms. The number of carbonyl (C=O) groups excluding carboxylic acids is 3. The van der Waals surface area contributed by atoms with Crippen LogP contribution in [-0.4, -0.2) is 77.3 Å². The van der Waals surface area contributed by atoms with Crippen LogP contribution in [-0.2, 0) is 16.6 Å². The third-order valence-corrected chi connectivity index (χ3v) is 11.3. The van der Waals surface area contributed by atoms with Gasteiger partial charge in [-0.25, -0.2) is 27.9 Å². The van der Waals surface area contributed by atoms with Crippen LogP contribution in [0.3, 0.4) is 0 Å². The van der Waals surface area contributed by atoms with E-state index in [2.05, 4.69) is 25.5 Å². The van der Waals surface area contributed by atoms with E-state index >= 15 is 4.39 Å². The molecular weight excluding hydrogens is 703 g/mol. The summed E-state index contributed by atoms with van der Waals surface area (Å²) < 4.78 is 47.0. The number of aryl methyl sites for hydroxylation is 1. The molecule has 0 bridgehead atoms. The van der Waals surface area contributed by atoms with Crippen LogP contribution in [0.1, 0.15) is 91.1 Å². The second-order valence-corrected chi connectivity index (χ2v) is 14.7. The van der Waals surface area contributed by atoms with Crippen molar-refractivity contribution in [3.05, 3.63) is 82.3 Å². The van der Waals surface area contributed by atoms with Gasteiger partial charge in [0.25, 0.3) is 12.3 Å². The number of nitrogens with one attached hydrogen (secondary N) is 2. The number of anilines is 1. The molecule has 0 spiro atoms. The monoisotopic (exact) mass is 743 g/mol. The van der Waals surface area contributed by atoms with Crippen LogP contribution in [0.4, 0.5) is 19.0 Å². The highest BCUT2D eigenvalue weighted by atomic mass is 19.3. The maximum absolute atomic E-state index is 16.1. The molecule has 3 fully saturated rings. The average Bonchev–Trinajstić information content (AvgIpc) is 3.70. The Labute approximate surface area is 307 Å². The predicted molar refractivity (Wildman–Crippen MR) is 193 cm³/mol. The fourth-order valence-corrected chi connectivity index (χ4v) is 8.52. The molecule has 3 atom stereocenters. The Morgan fingerprint density at radius 2 is 1.83 bits per heavy atom. The standard InChI is InChI=1S/C38H40F3N9O4/c1-47-34-25(4-2-7-30(34)50(38(47)54)31-12-13-33(51)45-37(31)53)24-14-15-48(20-26(24)39)18-21-8-10-23(11-9-21)49-19-22-16-32(42-17-29(22)46-49)44-36(52)28-6-3-5-27(43-28)35(40)41/h2-7,16-17,19,21,23-24,26,31,35H,8-15,18,20H2,1H3,(H,44,52)(H,45,51,53)/t21-,23-,24-,26-,31?/m0/s1. The molecule has 3 amide bonds. The molecule has 2 N–H and O–H groups in total. The zero-order chi connectivity index (χ0) is 37.7. The number of imide groups is 1. The molecule has 282 valence electrons. The van der Waals surface area contributed by atoms with Gasteiger partial charge in [0.05, 0.1) is 23.3 Å². The lowest BCUT2D eigenvalue weighted by Gasteiger charge is -2.38. The first kappa shape index (κ1) is 35.6. The van der Waals surface area contributed by atoms with E-state index in [-0.39, 0.29) is 42.0 Å². The number of alkyl halides is 3. The van der Waals surface area contributed by atoms with Gasteiger partial charge < -0.3 is 10.2 Å². The number of likely N-dealkylation sites (tertiary alicyclic amines) is 1. The highest BCUT2D eigenvalue weighted by Crippen LogP contribution is 2.38. The van der Waals surface area contributed by atoms with E-state index in [9.17, 15) is 28.0 Å². The van der Waals surface area contributed by atoms with Crippen LogP contribution in [0.25, 0.3) is 21.9 Å². The van der Waals surface area contributed by atoms with Crippen molar-refractivity contribution in [2.45, 2.75) is 75.5 Å². The SMILES string of the molecule is Cn1c(=O)n(C2CCC(=O)NC2=O)c2cccc([C@@H]3CCN(C[C@H]4CC[C@H](n5cc6cc(NC(=O)c7cccc(C(F)F)n7)ncc6n5)CC4)C[C@@H]3F)c21. The van der Waals surface area contributed by atoms with Gasteiger partial charge in [0.15, 0.2) is 0 Å². The summed E-state index contributed by atoms with van der Waals surface area (Å²) >= 11 is 0. The maximum atomic E-state index is 16.1. The summed E-state index contributed by atoms with van der Waals surface area (Å²) in [5.41, 5.74) is 1.68. The van der Waals surface area contributed by atoms with E-state index in [1.807, 2.05) is 23.0 Å². The third kappa shape index (κ3) is 6.78. The molecule has 1 aromatic carbocycles. The smallest absolute Gasteiger partial charge is 0.305 e. The number of benzene rings is 1. The van der Waals surface area contributed by atoms with Crippen LogP contribution in [0.2, 0.25) is 0 Å². The van der Waals surface area contributed by atoms with Gasteiger partial charge in [-0.3, -0.25) is 33.5 Å². The number of halogens is 3. The van der Waals surface area contributed by atoms with Gasteiger partial charge >= 0.3 is 5.69 Å². The highest BCUT2D eigenvalue weighted by Gasteiger charge is 2.36. The summed E-state index contributed by atoms with van der Waals surface area (Å²) in [6.45, 7) is 1.83. The van der Waals surface area contributed by atoms with E-state index in [4.69, 9.17) is 5.10 Å². The molecule has 2 aliphatic heterocycles. The van der Waals surface area contributed by atoms with Crippen molar-refractivity contribution in [3.8, 4) is 0 Å². The first-order valence-corrected chi connectivity index (χ1v) is 18.4.